The van der Waals surface area contributed by atoms with E-state index in [-0.39, 0.29) is 64.0 Å². The van der Waals surface area contributed by atoms with Gasteiger partial charge in [-0.2, -0.15) is 0 Å². The number of hydrogen-bond acceptors (Lipinski definition) is 14. The molecule has 28 heteroatoms. The van der Waals surface area contributed by atoms with E-state index in [1.54, 1.807) is 12.1 Å². The van der Waals surface area contributed by atoms with Crippen LogP contribution in [0.2, 0.25) is 0 Å². The van der Waals surface area contributed by atoms with Crippen LogP contribution in [-0.2, 0) is 75.4 Å². The first-order valence-electron chi connectivity index (χ1n) is 27.9. The average Bonchev–Trinajstić information content (AvgIpc) is 4.24. The number of nitrogens with zero attached hydrogens (tertiary/aromatic N) is 4. The number of urea groups is 1. The molecule has 6 rings (SSSR count). The maximum atomic E-state index is 15.4. The number of guanidine groups is 1. The zero-order chi connectivity index (χ0) is 60.0. The molecule has 8 amide bonds. The van der Waals surface area contributed by atoms with E-state index in [2.05, 4.69) is 56.7 Å². The molecular formula is C55H78N16O12. The van der Waals surface area contributed by atoms with Gasteiger partial charge >= 0.3 is 18.0 Å². The summed E-state index contributed by atoms with van der Waals surface area (Å²) in [6, 6.07) is 3.65. The Morgan fingerprint density at radius 3 is 2.00 bits per heavy atom. The molecule has 4 heterocycles. The molecule has 0 spiro atoms. The third kappa shape index (κ3) is 19.2. The van der Waals surface area contributed by atoms with Crippen LogP contribution < -0.4 is 54.8 Å². The van der Waals surface area contributed by atoms with Gasteiger partial charge in [0.2, 0.25) is 35.4 Å². The van der Waals surface area contributed by atoms with Gasteiger partial charge in [0.15, 0.2) is 5.96 Å². The summed E-state index contributed by atoms with van der Waals surface area (Å²) in [5.41, 5.74) is 26.3. The maximum absolute atomic E-state index is 15.4. The van der Waals surface area contributed by atoms with Crippen LogP contribution in [0.5, 0.6) is 0 Å². The summed E-state index contributed by atoms with van der Waals surface area (Å²) in [6.45, 7) is 5.30. The number of morpholine rings is 1. The lowest BCUT2D eigenvalue weighted by Gasteiger charge is -2.38. The van der Waals surface area contributed by atoms with Crippen molar-refractivity contribution in [1.82, 2.24) is 56.7 Å². The van der Waals surface area contributed by atoms with Crippen LogP contribution in [0.1, 0.15) is 92.8 Å². The van der Waals surface area contributed by atoms with Crippen LogP contribution in [0.3, 0.4) is 0 Å². The van der Waals surface area contributed by atoms with Gasteiger partial charge in [0.05, 0.1) is 32.5 Å². The minimum Gasteiger partial charge on any atom is -0.481 e. The molecule has 0 saturated carbocycles. The van der Waals surface area contributed by atoms with Crippen molar-refractivity contribution < 1.29 is 58.1 Å². The summed E-state index contributed by atoms with van der Waals surface area (Å²) < 4.78 is 5.51. The van der Waals surface area contributed by atoms with Crippen LogP contribution in [0, 0.1) is 0 Å². The van der Waals surface area contributed by atoms with Gasteiger partial charge in [-0.3, -0.25) is 43.5 Å². The molecule has 1 fully saturated rings. The van der Waals surface area contributed by atoms with Gasteiger partial charge in [-0.05, 0) is 67.8 Å². The van der Waals surface area contributed by atoms with E-state index in [1.807, 2.05) is 43.3 Å². The quantitative estimate of drug-likeness (QED) is 0.0156. The number of aliphatic imine (C=N–C) groups is 1. The van der Waals surface area contributed by atoms with Crippen LogP contribution in [0.4, 0.5) is 4.79 Å². The van der Waals surface area contributed by atoms with Gasteiger partial charge < -0.3 is 84.7 Å². The molecule has 0 radical (unpaired) electrons. The minimum absolute atomic E-state index is 0.0227. The third-order valence-electron chi connectivity index (χ3n) is 14.4. The first-order valence-corrected chi connectivity index (χ1v) is 27.9. The number of unbranched alkanes of at least 4 members (excludes halogenated alkanes) is 2. The van der Waals surface area contributed by atoms with Crippen LogP contribution in [0.15, 0.2) is 66.0 Å². The van der Waals surface area contributed by atoms with Crippen molar-refractivity contribution in [3.05, 3.63) is 89.1 Å². The highest BCUT2D eigenvalue weighted by atomic mass is 16.5. The SMILES string of the molecule is CCCC[C@H](NC(N)=O)C(=O)N[C@@H](CC(=O)O)C(=O)N[C@@H](Cc1cnc[nH]1)C(=O)N[C@H](Cc1ccc(CN2CCOCC2)cc1)C(=O)N[C@@H](CCCN=C(N)N)C(=O)N1Cc2[nH]c3ccccc3c2CC1C(=O)N[C@@H](CCCCN)C(=O)O. The summed E-state index contributed by atoms with van der Waals surface area (Å²) >= 11 is 0. The van der Waals surface area contributed by atoms with Gasteiger partial charge in [-0.25, -0.2) is 14.6 Å². The number of carbonyl (C=O) groups excluding carboxylic acids is 7. The summed E-state index contributed by atoms with van der Waals surface area (Å²) in [7, 11) is 0. The number of aromatic nitrogens is 3. The lowest BCUT2D eigenvalue weighted by molar-refractivity contribution is -0.147. The maximum Gasteiger partial charge on any atom is 0.326 e. The Hall–Kier alpha value is -8.63. The molecule has 450 valence electrons. The molecule has 83 heavy (non-hydrogen) atoms. The number of aromatic amines is 2. The number of nitrogens with one attached hydrogen (secondary N) is 8. The number of hydrogen-bond donors (Lipinski definition) is 14. The van der Waals surface area contributed by atoms with Gasteiger partial charge in [-0.15, -0.1) is 0 Å². The second-order valence-electron chi connectivity index (χ2n) is 20.7. The number of carboxylic acid groups (broad SMARTS) is 2. The fourth-order valence-corrected chi connectivity index (χ4v) is 10.0. The summed E-state index contributed by atoms with van der Waals surface area (Å²) in [5, 5.41) is 36.3. The zero-order valence-corrected chi connectivity index (χ0v) is 46.5. The fourth-order valence-electron chi connectivity index (χ4n) is 10.0. The molecule has 2 aromatic heterocycles. The zero-order valence-electron chi connectivity index (χ0n) is 46.5. The number of primary amides is 1. The Morgan fingerprint density at radius 2 is 1.36 bits per heavy atom. The van der Waals surface area contributed by atoms with Crippen molar-refractivity contribution in [1.29, 1.82) is 0 Å². The monoisotopic (exact) mass is 1150 g/mol. The number of H-pyrrole nitrogens is 2. The highest BCUT2D eigenvalue weighted by molar-refractivity contribution is 5.99. The molecule has 7 atom stereocenters. The molecular weight excluding hydrogens is 1080 g/mol. The first-order chi connectivity index (χ1) is 39.8. The summed E-state index contributed by atoms with van der Waals surface area (Å²) in [5.74, 6) is -8.25. The summed E-state index contributed by atoms with van der Waals surface area (Å²) in [6.07, 6.45) is 3.53. The molecule has 2 aromatic carbocycles. The van der Waals surface area contributed by atoms with E-state index >= 15 is 9.59 Å². The smallest absolute Gasteiger partial charge is 0.326 e. The predicted molar refractivity (Wildman–Crippen MR) is 303 cm³/mol. The standard InChI is InChI=1S/C55H78N16O12/c1-2-3-10-38(69-55(59)82)47(74)68-43(27-46(72)73)50(77)67-42(25-34-28-60-31-62-34)49(76)66-41(24-32-14-16-33(17-15-32)29-70-20-22-83-23-21-70)48(75)64-39(13-8-19-61-54(57)58)52(79)71-30-44-36(35-9-4-5-11-37(35)63-44)26-45(71)51(78)65-40(53(80)81)12-6-7-18-56/h4-5,9,11,14-17,28,31,38-43,45,63H,2-3,6-8,10,12-13,18-27,29-30,56H2,1H3,(H,60,62)(H,64,75)(H,65,78)(H,66,76)(H,67,77)(H,68,74)(H,72,73)(H,80,81)(H4,57,58,61)(H3,59,69,82)/t38-,39-,40-,41+,42-,43-,45?/m0/s1. The number of para-hydroxylation sites is 1. The largest absolute Gasteiger partial charge is 0.481 e. The van der Waals surface area contributed by atoms with Gasteiger partial charge in [0.25, 0.3) is 0 Å². The Bertz CT molecular complexity index is 2890. The number of ether oxygens (including phenoxy) is 1. The van der Waals surface area contributed by atoms with Gasteiger partial charge in [-0.1, -0.05) is 62.2 Å². The number of amides is 8. The summed E-state index contributed by atoms with van der Waals surface area (Å²) in [4.78, 5) is 142. The second-order valence-corrected chi connectivity index (χ2v) is 20.7. The Labute approximate surface area is 479 Å². The number of carbonyl (C=O) groups is 9. The number of carboxylic acids is 2. The van der Waals surface area contributed by atoms with Crippen molar-refractivity contribution in [3.63, 3.8) is 0 Å². The van der Waals surface area contributed by atoms with Gasteiger partial charge in [0, 0.05) is 73.9 Å². The lowest BCUT2D eigenvalue weighted by atomic mass is 9.94. The predicted octanol–water partition coefficient (Wildman–Crippen LogP) is -1.15. The van der Waals surface area contributed by atoms with Crippen LogP contribution in [0.25, 0.3) is 10.9 Å². The number of imidazole rings is 1. The Balaban J connectivity index is 1.35. The normalized spacial score (nSPS) is 16.4. The first kappa shape index (κ1) is 63.6. The fraction of sp³-hybridized carbons (Fsp3) is 0.509. The van der Waals surface area contributed by atoms with E-state index < -0.39 is 102 Å². The molecule has 0 bridgehead atoms. The molecule has 1 unspecified atom stereocenters. The molecule has 0 aliphatic carbocycles. The average molecular weight is 1160 g/mol. The van der Waals surface area contributed by atoms with Crippen molar-refractivity contribution in [2.24, 2.45) is 27.9 Å². The molecule has 2 aliphatic heterocycles. The van der Waals surface area contributed by atoms with E-state index in [0.29, 0.717) is 68.9 Å². The Kier molecular flexibility index (Phi) is 24.2. The number of nitrogens with two attached hydrogens (primary N) is 4. The van der Waals surface area contributed by atoms with E-state index in [1.165, 1.54) is 17.4 Å². The number of rotatable bonds is 32. The van der Waals surface area contributed by atoms with Crippen LogP contribution >= 0.6 is 0 Å². The van der Waals surface area contributed by atoms with Crippen molar-refractivity contribution in [2.75, 3.05) is 39.4 Å². The number of benzene rings is 2. The molecule has 1 saturated heterocycles. The van der Waals surface area contributed by atoms with Crippen LogP contribution in [-0.4, -0.2) is 176 Å². The molecule has 2 aliphatic rings. The lowest BCUT2D eigenvalue weighted by Crippen LogP contribution is -2.61. The number of fused-ring (bicyclic) bond motifs is 3. The highest BCUT2D eigenvalue weighted by Crippen LogP contribution is 2.31. The van der Waals surface area contributed by atoms with E-state index in [0.717, 1.165) is 35.1 Å². The topological polar surface area (TPSA) is 443 Å². The molecule has 18 N–H and O–H groups in total. The Morgan fingerprint density at radius 1 is 0.735 bits per heavy atom. The molecule has 28 nitrogen and oxygen atoms in total. The molecule has 4 aromatic rings. The van der Waals surface area contributed by atoms with E-state index in [4.69, 9.17) is 27.7 Å². The van der Waals surface area contributed by atoms with Crippen molar-refractivity contribution in [3.8, 4) is 0 Å². The second kappa shape index (κ2) is 31.5. The van der Waals surface area contributed by atoms with Gasteiger partial charge in [0.1, 0.15) is 42.3 Å². The number of aliphatic carboxylic acids is 2. The van der Waals surface area contributed by atoms with Crippen molar-refractivity contribution >= 4 is 70.3 Å². The van der Waals surface area contributed by atoms with E-state index in [9.17, 15) is 43.8 Å². The third-order valence-corrected chi connectivity index (χ3v) is 14.4. The highest BCUT2D eigenvalue weighted by Gasteiger charge is 2.41. The van der Waals surface area contributed by atoms with Crippen molar-refractivity contribution in [2.45, 2.75) is 139 Å². The minimum atomic E-state index is -1.77.